The fourth-order valence-electron chi connectivity index (χ4n) is 3.42. The van der Waals surface area contributed by atoms with E-state index in [2.05, 4.69) is 22.3 Å². The van der Waals surface area contributed by atoms with Crippen LogP contribution >= 0.6 is 23.2 Å². The van der Waals surface area contributed by atoms with Crippen molar-refractivity contribution in [1.29, 1.82) is 0 Å². The molecular formula is C22H26Cl2N4O2. The highest BCUT2D eigenvalue weighted by molar-refractivity contribution is 6.39. The van der Waals surface area contributed by atoms with Crippen molar-refractivity contribution in [3.63, 3.8) is 0 Å². The van der Waals surface area contributed by atoms with Crippen molar-refractivity contribution in [2.24, 2.45) is 0 Å². The number of amides is 2. The summed E-state index contributed by atoms with van der Waals surface area (Å²) in [5, 5.41) is 3.51. The molecule has 0 bridgehead atoms. The number of anilines is 2. The molecule has 2 aromatic carbocycles. The van der Waals surface area contributed by atoms with E-state index in [4.69, 9.17) is 23.2 Å². The predicted molar refractivity (Wildman–Crippen MR) is 122 cm³/mol. The van der Waals surface area contributed by atoms with E-state index >= 15 is 0 Å². The number of halogens is 2. The molecule has 1 aliphatic rings. The molecule has 1 N–H and O–H groups in total. The molecule has 1 saturated heterocycles. The number of piperazine rings is 1. The summed E-state index contributed by atoms with van der Waals surface area (Å²) in [5.74, 6) is -0.221. The highest BCUT2D eigenvalue weighted by Gasteiger charge is 2.23. The molecular weight excluding hydrogens is 423 g/mol. The summed E-state index contributed by atoms with van der Waals surface area (Å²) in [6.45, 7) is 5.75. The monoisotopic (exact) mass is 448 g/mol. The van der Waals surface area contributed by atoms with Crippen LogP contribution in [0.15, 0.2) is 48.5 Å². The van der Waals surface area contributed by atoms with Gasteiger partial charge in [0.25, 0.3) is 0 Å². The lowest BCUT2D eigenvalue weighted by molar-refractivity contribution is -0.133. The minimum absolute atomic E-state index is 0.0353. The average molecular weight is 449 g/mol. The summed E-state index contributed by atoms with van der Waals surface area (Å²) in [6.07, 6.45) is 0. The highest BCUT2D eigenvalue weighted by Crippen LogP contribution is 2.29. The van der Waals surface area contributed by atoms with E-state index in [0.29, 0.717) is 35.4 Å². The number of para-hydroxylation sites is 2. The van der Waals surface area contributed by atoms with Crippen molar-refractivity contribution in [3.05, 3.63) is 58.6 Å². The zero-order valence-electron chi connectivity index (χ0n) is 17.0. The number of hydrogen-bond donors (Lipinski definition) is 1. The maximum atomic E-state index is 12.8. The maximum absolute atomic E-state index is 12.8. The van der Waals surface area contributed by atoms with Gasteiger partial charge < -0.3 is 15.1 Å². The molecule has 0 radical (unpaired) electrons. The summed E-state index contributed by atoms with van der Waals surface area (Å²) >= 11 is 12.2. The van der Waals surface area contributed by atoms with Crippen LogP contribution in [-0.2, 0) is 9.59 Å². The van der Waals surface area contributed by atoms with Gasteiger partial charge in [-0.05, 0) is 30.8 Å². The molecule has 8 heteroatoms. The van der Waals surface area contributed by atoms with Crippen molar-refractivity contribution in [1.82, 2.24) is 9.80 Å². The quantitative estimate of drug-likeness (QED) is 0.702. The zero-order valence-corrected chi connectivity index (χ0v) is 18.5. The molecule has 0 atom stereocenters. The lowest BCUT2D eigenvalue weighted by Crippen LogP contribution is -2.51. The second-order valence-corrected chi connectivity index (χ2v) is 7.97. The van der Waals surface area contributed by atoms with Crippen molar-refractivity contribution >= 4 is 46.4 Å². The van der Waals surface area contributed by atoms with Gasteiger partial charge in [0.1, 0.15) is 0 Å². The number of hydrogen-bond acceptors (Lipinski definition) is 4. The lowest BCUT2D eigenvalue weighted by Gasteiger charge is -2.37. The third kappa shape index (κ3) is 5.88. The summed E-state index contributed by atoms with van der Waals surface area (Å²) in [5.41, 5.74) is 1.57. The molecule has 30 heavy (non-hydrogen) atoms. The number of nitrogens with one attached hydrogen (secondary N) is 1. The van der Waals surface area contributed by atoms with E-state index < -0.39 is 0 Å². The first-order chi connectivity index (χ1) is 14.5. The van der Waals surface area contributed by atoms with Gasteiger partial charge in [-0.15, -0.1) is 0 Å². The SMILES string of the molecule is CCN(CC(=O)Nc1c(Cl)cccc1Cl)CC(=O)N1CCN(c2ccccc2)CC1. The molecule has 0 unspecified atom stereocenters. The maximum Gasteiger partial charge on any atom is 0.238 e. The summed E-state index contributed by atoms with van der Waals surface area (Å²) < 4.78 is 0. The molecule has 1 aliphatic heterocycles. The van der Waals surface area contributed by atoms with Gasteiger partial charge in [-0.3, -0.25) is 14.5 Å². The summed E-state index contributed by atoms with van der Waals surface area (Å²) in [6, 6.07) is 15.3. The van der Waals surface area contributed by atoms with E-state index in [0.717, 1.165) is 13.1 Å². The van der Waals surface area contributed by atoms with Crippen LogP contribution in [0.3, 0.4) is 0 Å². The van der Waals surface area contributed by atoms with Crippen LogP contribution in [0.25, 0.3) is 0 Å². The molecule has 0 saturated carbocycles. The highest BCUT2D eigenvalue weighted by atomic mass is 35.5. The fraction of sp³-hybridized carbons (Fsp3) is 0.364. The molecule has 2 amide bonds. The van der Waals surface area contributed by atoms with Gasteiger partial charge in [0.05, 0.1) is 28.8 Å². The van der Waals surface area contributed by atoms with Gasteiger partial charge in [0.15, 0.2) is 0 Å². The smallest absolute Gasteiger partial charge is 0.238 e. The van der Waals surface area contributed by atoms with Crippen molar-refractivity contribution in [2.75, 3.05) is 56.0 Å². The second kappa shape index (κ2) is 10.7. The van der Waals surface area contributed by atoms with Crippen molar-refractivity contribution < 1.29 is 9.59 Å². The molecule has 2 aromatic rings. The van der Waals surface area contributed by atoms with Crippen LogP contribution in [-0.4, -0.2) is 67.4 Å². The van der Waals surface area contributed by atoms with Crippen LogP contribution in [0.2, 0.25) is 10.0 Å². The number of benzene rings is 2. The lowest BCUT2D eigenvalue weighted by atomic mass is 10.2. The standard InChI is InChI=1S/C22H26Cl2N4O2/c1-2-26(15-20(29)25-22-18(23)9-6-10-19(22)24)16-21(30)28-13-11-27(12-14-28)17-7-4-3-5-8-17/h3-10H,2,11-16H2,1H3,(H,25,29). The Morgan fingerprint density at radius 2 is 1.57 bits per heavy atom. The number of carbonyl (C=O) groups is 2. The largest absolute Gasteiger partial charge is 0.368 e. The first-order valence-electron chi connectivity index (χ1n) is 10.0. The third-order valence-electron chi connectivity index (χ3n) is 5.15. The van der Waals surface area contributed by atoms with Gasteiger partial charge >= 0.3 is 0 Å². The van der Waals surface area contributed by atoms with Crippen LogP contribution in [0.5, 0.6) is 0 Å². The first kappa shape index (κ1) is 22.4. The average Bonchev–Trinajstić information content (AvgIpc) is 2.76. The van der Waals surface area contributed by atoms with E-state index in [-0.39, 0.29) is 24.9 Å². The number of nitrogens with zero attached hydrogens (tertiary/aromatic N) is 3. The van der Waals surface area contributed by atoms with Crippen LogP contribution in [0.4, 0.5) is 11.4 Å². The predicted octanol–water partition coefficient (Wildman–Crippen LogP) is 3.60. The van der Waals surface area contributed by atoms with E-state index in [1.165, 1.54) is 5.69 Å². The van der Waals surface area contributed by atoms with Gasteiger partial charge in [-0.25, -0.2) is 0 Å². The Morgan fingerprint density at radius 1 is 0.933 bits per heavy atom. The van der Waals surface area contributed by atoms with Crippen molar-refractivity contribution in [2.45, 2.75) is 6.92 Å². The Hall–Kier alpha value is -2.28. The Bertz CT molecular complexity index is 850. The Balaban J connectivity index is 1.49. The second-order valence-electron chi connectivity index (χ2n) is 7.15. The zero-order chi connectivity index (χ0) is 21.5. The number of rotatable bonds is 7. The normalized spacial score (nSPS) is 14.1. The van der Waals surface area contributed by atoms with Crippen LogP contribution in [0, 0.1) is 0 Å². The molecule has 6 nitrogen and oxygen atoms in total. The van der Waals surface area contributed by atoms with Gasteiger partial charge in [0.2, 0.25) is 11.8 Å². The van der Waals surface area contributed by atoms with E-state index in [1.807, 2.05) is 34.9 Å². The first-order valence-corrected chi connectivity index (χ1v) is 10.8. The molecule has 3 rings (SSSR count). The minimum atomic E-state index is -0.256. The Kier molecular flexibility index (Phi) is 7.96. The molecule has 0 spiro atoms. The molecule has 0 aromatic heterocycles. The molecule has 160 valence electrons. The number of likely N-dealkylation sites (N-methyl/N-ethyl adjacent to an activating group) is 1. The minimum Gasteiger partial charge on any atom is -0.368 e. The molecule has 0 aliphatic carbocycles. The topological polar surface area (TPSA) is 55.9 Å². The summed E-state index contributed by atoms with van der Waals surface area (Å²) in [7, 11) is 0. The summed E-state index contributed by atoms with van der Waals surface area (Å²) in [4.78, 5) is 31.2. The Labute approximate surface area is 187 Å². The van der Waals surface area contributed by atoms with E-state index in [9.17, 15) is 9.59 Å². The van der Waals surface area contributed by atoms with Gasteiger partial charge in [-0.2, -0.15) is 0 Å². The fourth-order valence-corrected chi connectivity index (χ4v) is 3.91. The Morgan fingerprint density at radius 3 is 2.17 bits per heavy atom. The van der Waals surface area contributed by atoms with Crippen molar-refractivity contribution in [3.8, 4) is 0 Å². The third-order valence-corrected chi connectivity index (χ3v) is 5.78. The van der Waals surface area contributed by atoms with Crippen LogP contribution in [0.1, 0.15) is 6.92 Å². The van der Waals surface area contributed by atoms with Gasteiger partial charge in [0, 0.05) is 31.9 Å². The van der Waals surface area contributed by atoms with E-state index in [1.54, 1.807) is 18.2 Å². The van der Waals surface area contributed by atoms with Gasteiger partial charge in [-0.1, -0.05) is 54.4 Å². The van der Waals surface area contributed by atoms with Crippen LogP contribution < -0.4 is 10.2 Å². The number of carbonyl (C=O) groups excluding carboxylic acids is 2. The molecule has 1 heterocycles. The molecule has 1 fully saturated rings.